The average Bonchev–Trinajstić information content (AvgIpc) is 2.15. The molecule has 1 aromatic carbocycles. The minimum absolute atomic E-state index is 0.597. The molecule has 0 saturated carbocycles. The van der Waals surface area contributed by atoms with Crippen molar-refractivity contribution in [2.45, 2.75) is 5.40 Å². The van der Waals surface area contributed by atoms with E-state index in [1.807, 2.05) is 0 Å². The van der Waals surface area contributed by atoms with Gasteiger partial charge in [-0.2, -0.15) is 0 Å². The van der Waals surface area contributed by atoms with Crippen LogP contribution in [0.25, 0.3) is 6.08 Å². The van der Waals surface area contributed by atoms with Crippen LogP contribution in [-0.4, -0.2) is 25.0 Å². The molecule has 0 amide bonds. The van der Waals surface area contributed by atoms with Gasteiger partial charge in [-0.1, -0.05) is 42.5 Å². The number of hydrogen-bond donors (Lipinski definition) is 4. The molecular formula is C9H12O6P2. The topological polar surface area (TPSA) is 115 Å². The largest absolute Gasteiger partial charge is 0.344 e. The Bertz CT molecular complexity index is 463. The molecule has 17 heavy (non-hydrogen) atoms. The quantitative estimate of drug-likeness (QED) is 0.618. The van der Waals surface area contributed by atoms with E-state index in [-0.39, 0.29) is 0 Å². The second-order valence-corrected chi connectivity index (χ2v) is 7.24. The average molecular weight is 278 g/mol. The van der Waals surface area contributed by atoms with Crippen LogP contribution in [0.4, 0.5) is 0 Å². The molecule has 1 aromatic rings. The summed E-state index contributed by atoms with van der Waals surface area (Å²) < 4.78 is 21.9. The van der Waals surface area contributed by atoms with E-state index in [0.717, 1.165) is 6.08 Å². The van der Waals surface area contributed by atoms with Crippen molar-refractivity contribution in [1.29, 1.82) is 0 Å². The Kier molecular flexibility index (Phi) is 4.44. The molecule has 94 valence electrons. The van der Waals surface area contributed by atoms with Gasteiger partial charge < -0.3 is 19.6 Å². The number of rotatable bonds is 4. The molecule has 0 aliphatic heterocycles. The highest BCUT2D eigenvalue weighted by molar-refractivity contribution is 7.71. The molecule has 0 saturated heterocycles. The van der Waals surface area contributed by atoms with E-state index in [4.69, 9.17) is 19.6 Å². The first kappa shape index (κ1) is 14.3. The predicted molar refractivity (Wildman–Crippen MR) is 63.4 cm³/mol. The Labute approximate surface area is 97.9 Å². The summed E-state index contributed by atoms with van der Waals surface area (Å²) >= 11 is 0. The zero-order valence-corrected chi connectivity index (χ0v) is 10.4. The van der Waals surface area contributed by atoms with E-state index >= 15 is 0 Å². The van der Waals surface area contributed by atoms with Crippen LogP contribution in [-0.2, 0) is 9.13 Å². The first-order valence-corrected chi connectivity index (χ1v) is 7.91. The van der Waals surface area contributed by atoms with Gasteiger partial charge in [-0.3, -0.25) is 9.13 Å². The Hall–Kier alpha value is -0.740. The lowest BCUT2D eigenvalue weighted by atomic mass is 10.2. The molecule has 0 aliphatic rings. The molecule has 0 aromatic heterocycles. The fourth-order valence-corrected chi connectivity index (χ4v) is 3.37. The lowest BCUT2D eigenvalue weighted by Gasteiger charge is -2.15. The molecule has 0 fully saturated rings. The number of benzene rings is 1. The summed E-state index contributed by atoms with van der Waals surface area (Å²) in [6.07, 6.45) is 2.11. The third-order valence-electron chi connectivity index (χ3n) is 1.95. The summed E-state index contributed by atoms with van der Waals surface area (Å²) in [7, 11) is -9.77. The summed E-state index contributed by atoms with van der Waals surface area (Å²) in [5.41, 5.74) is 0.597. The zero-order chi connectivity index (χ0) is 13.1. The number of allylic oxidation sites excluding steroid dienone is 1. The summed E-state index contributed by atoms with van der Waals surface area (Å²) in [6.45, 7) is 0. The van der Waals surface area contributed by atoms with Gasteiger partial charge in [-0.05, 0) is 5.56 Å². The van der Waals surface area contributed by atoms with Crippen LogP contribution in [0.3, 0.4) is 0 Å². The van der Waals surface area contributed by atoms with Crippen LogP contribution in [0.5, 0.6) is 0 Å². The van der Waals surface area contributed by atoms with Crippen LogP contribution in [0.1, 0.15) is 5.56 Å². The van der Waals surface area contributed by atoms with Gasteiger partial charge in [0.15, 0.2) is 5.40 Å². The van der Waals surface area contributed by atoms with Crippen molar-refractivity contribution >= 4 is 21.3 Å². The van der Waals surface area contributed by atoms with Crippen molar-refractivity contribution in [2.24, 2.45) is 0 Å². The number of hydrogen-bond acceptors (Lipinski definition) is 2. The highest BCUT2D eigenvalue weighted by Gasteiger charge is 2.41. The van der Waals surface area contributed by atoms with E-state index in [2.05, 4.69) is 0 Å². The first-order valence-electron chi connectivity index (χ1n) is 4.55. The van der Waals surface area contributed by atoms with E-state index in [1.165, 1.54) is 6.08 Å². The molecule has 8 heteroatoms. The maximum atomic E-state index is 11.0. The molecule has 0 aliphatic carbocycles. The van der Waals surface area contributed by atoms with Gasteiger partial charge in [0.2, 0.25) is 0 Å². The third-order valence-corrected chi connectivity index (χ3v) is 5.48. The van der Waals surface area contributed by atoms with Crippen LogP contribution < -0.4 is 0 Å². The molecule has 1 rings (SSSR count). The van der Waals surface area contributed by atoms with Gasteiger partial charge in [-0.25, -0.2) is 0 Å². The Morgan fingerprint density at radius 3 is 1.82 bits per heavy atom. The fraction of sp³-hybridized carbons (Fsp3) is 0.111. The van der Waals surface area contributed by atoms with Gasteiger partial charge in [0, 0.05) is 0 Å². The molecule has 0 atom stereocenters. The molecular weight excluding hydrogens is 266 g/mol. The Morgan fingerprint density at radius 2 is 1.41 bits per heavy atom. The van der Waals surface area contributed by atoms with Crippen LogP contribution in [0.2, 0.25) is 0 Å². The molecule has 0 heterocycles. The lowest BCUT2D eigenvalue weighted by molar-refractivity contribution is 0.347. The molecule has 0 spiro atoms. The van der Waals surface area contributed by atoms with Gasteiger partial charge in [0.1, 0.15) is 0 Å². The summed E-state index contributed by atoms with van der Waals surface area (Å²) in [5, 5.41) is -2.10. The van der Waals surface area contributed by atoms with Crippen molar-refractivity contribution in [3.63, 3.8) is 0 Å². The van der Waals surface area contributed by atoms with Crippen molar-refractivity contribution in [3.8, 4) is 0 Å². The Balaban J connectivity index is 3.01. The van der Waals surface area contributed by atoms with Gasteiger partial charge in [0.25, 0.3) is 0 Å². The van der Waals surface area contributed by atoms with E-state index < -0.39 is 20.6 Å². The normalized spacial score (nSPS) is 13.5. The molecule has 0 unspecified atom stereocenters. The van der Waals surface area contributed by atoms with E-state index in [0.29, 0.717) is 5.56 Å². The second-order valence-electron chi connectivity index (χ2n) is 3.36. The van der Waals surface area contributed by atoms with E-state index in [1.54, 1.807) is 30.3 Å². The smallest absolute Gasteiger partial charge is 0.324 e. The standard InChI is InChI=1S/C9H12O6P2/c10-16(11,12)9(17(13,14)15)7-6-8-4-2-1-3-5-8/h1-7,9H,(H2,10,11,12)(H2,13,14,15)/b7-6+. The summed E-state index contributed by atoms with van der Waals surface area (Å²) in [6, 6.07) is 8.44. The summed E-state index contributed by atoms with van der Waals surface area (Å²) in [5.74, 6) is 0. The van der Waals surface area contributed by atoms with Crippen LogP contribution in [0.15, 0.2) is 36.4 Å². The van der Waals surface area contributed by atoms with Gasteiger partial charge in [-0.15, -0.1) is 0 Å². The first-order chi connectivity index (χ1) is 7.71. The molecule has 0 radical (unpaired) electrons. The maximum absolute atomic E-state index is 11.0. The van der Waals surface area contributed by atoms with Crippen molar-refractivity contribution in [2.75, 3.05) is 0 Å². The lowest BCUT2D eigenvalue weighted by Crippen LogP contribution is -2.05. The molecule has 4 N–H and O–H groups in total. The molecule has 0 bridgehead atoms. The minimum atomic E-state index is -4.88. The van der Waals surface area contributed by atoms with Crippen molar-refractivity contribution in [1.82, 2.24) is 0 Å². The molecule has 6 nitrogen and oxygen atoms in total. The van der Waals surface area contributed by atoms with Crippen molar-refractivity contribution in [3.05, 3.63) is 42.0 Å². The summed E-state index contributed by atoms with van der Waals surface area (Å²) in [4.78, 5) is 35.4. The Morgan fingerprint density at radius 1 is 0.941 bits per heavy atom. The van der Waals surface area contributed by atoms with Gasteiger partial charge in [0.05, 0.1) is 0 Å². The highest BCUT2D eigenvalue weighted by Crippen LogP contribution is 2.60. The van der Waals surface area contributed by atoms with Crippen molar-refractivity contribution < 1.29 is 28.7 Å². The SMILES string of the molecule is O=P(O)(O)C(/C=C/c1ccccc1)P(=O)(O)O. The van der Waals surface area contributed by atoms with Crippen LogP contribution >= 0.6 is 15.2 Å². The van der Waals surface area contributed by atoms with E-state index in [9.17, 15) is 9.13 Å². The third kappa shape index (κ3) is 4.56. The second kappa shape index (κ2) is 5.27. The predicted octanol–water partition coefficient (Wildman–Crippen LogP) is 1.38. The zero-order valence-electron chi connectivity index (χ0n) is 8.62. The van der Waals surface area contributed by atoms with Gasteiger partial charge >= 0.3 is 15.2 Å². The highest BCUT2D eigenvalue weighted by atomic mass is 31.2. The van der Waals surface area contributed by atoms with Crippen LogP contribution in [0, 0.1) is 0 Å². The maximum Gasteiger partial charge on any atom is 0.344 e. The minimum Gasteiger partial charge on any atom is -0.324 e. The monoisotopic (exact) mass is 278 g/mol. The fourth-order valence-electron chi connectivity index (χ4n) is 1.18.